The number of hydrogen-bond donors (Lipinski definition) is 2. The van der Waals surface area contributed by atoms with E-state index < -0.39 is 0 Å². The van der Waals surface area contributed by atoms with Crippen molar-refractivity contribution in [2.45, 2.75) is 39.0 Å². The predicted octanol–water partition coefficient (Wildman–Crippen LogP) is 1.77. The zero-order chi connectivity index (χ0) is 10.2. The van der Waals surface area contributed by atoms with Crippen LogP contribution in [0.25, 0.3) is 0 Å². The van der Waals surface area contributed by atoms with E-state index >= 15 is 0 Å². The van der Waals surface area contributed by atoms with Crippen LogP contribution in [-0.4, -0.2) is 18.3 Å². The first kappa shape index (κ1) is 10.4. The van der Waals surface area contributed by atoms with Gasteiger partial charge in [0.1, 0.15) is 0 Å². The van der Waals surface area contributed by atoms with E-state index in [0.29, 0.717) is 6.54 Å². The summed E-state index contributed by atoms with van der Waals surface area (Å²) in [6.07, 6.45) is 6.89. The van der Waals surface area contributed by atoms with Crippen molar-refractivity contribution < 1.29 is 5.11 Å². The summed E-state index contributed by atoms with van der Waals surface area (Å²) in [6, 6.07) is 0. The van der Waals surface area contributed by atoms with Crippen molar-refractivity contribution in [3.8, 4) is 0 Å². The lowest BCUT2D eigenvalue weighted by atomic mass is 9.75. The standard InChI is InChI=1S/C12H23NO/c1-12(7-13,8-14)6-11-5-9-2-3-10(11)4-9/h9-11,14H,2-8,13H2,1H3. The summed E-state index contributed by atoms with van der Waals surface area (Å²) in [6.45, 7) is 2.99. The van der Waals surface area contributed by atoms with Gasteiger partial charge in [-0.1, -0.05) is 13.3 Å². The van der Waals surface area contributed by atoms with Crippen LogP contribution in [0.2, 0.25) is 0 Å². The van der Waals surface area contributed by atoms with Gasteiger partial charge in [-0.25, -0.2) is 0 Å². The zero-order valence-electron chi connectivity index (χ0n) is 9.21. The summed E-state index contributed by atoms with van der Waals surface area (Å²) in [5.74, 6) is 2.82. The van der Waals surface area contributed by atoms with Crippen LogP contribution in [0.4, 0.5) is 0 Å². The highest BCUT2D eigenvalue weighted by Gasteiger charge is 2.41. The molecule has 0 aromatic carbocycles. The highest BCUT2D eigenvalue weighted by Crippen LogP contribution is 2.51. The molecule has 2 saturated carbocycles. The monoisotopic (exact) mass is 197 g/mol. The zero-order valence-corrected chi connectivity index (χ0v) is 9.21. The molecule has 2 heteroatoms. The Bertz CT molecular complexity index is 200. The molecule has 82 valence electrons. The summed E-state index contributed by atoms with van der Waals surface area (Å²) >= 11 is 0. The van der Waals surface area contributed by atoms with Gasteiger partial charge >= 0.3 is 0 Å². The Morgan fingerprint density at radius 3 is 2.57 bits per heavy atom. The molecule has 2 aliphatic carbocycles. The molecule has 0 aromatic heterocycles. The van der Waals surface area contributed by atoms with E-state index in [4.69, 9.17) is 5.73 Å². The maximum Gasteiger partial charge on any atom is 0.0496 e. The van der Waals surface area contributed by atoms with E-state index in [0.717, 1.165) is 24.2 Å². The number of rotatable bonds is 4. The Labute approximate surface area is 86.9 Å². The molecule has 2 fully saturated rings. The van der Waals surface area contributed by atoms with Gasteiger partial charge in [-0.2, -0.15) is 0 Å². The molecule has 0 aliphatic heterocycles. The van der Waals surface area contributed by atoms with Crippen molar-refractivity contribution in [3.63, 3.8) is 0 Å². The second kappa shape index (κ2) is 3.82. The molecule has 0 spiro atoms. The van der Waals surface area contributed by atoms with Crippen LogP contribution >= 0.6 is 0 Å². The van der Waals surface area contributed by atoms with E-state index in [-0.39, 0.29) is 12.0 Å². The molecule has 0 amide bonds. The molecule has 4 atom stereocenters. The minimum Gasteiger partial charge on any atom is -0.396 e. The van der Waals surface area contributed by atoms with Gasteiger partial charge in [0.05, 0.1) is 0 Å². The topological polar surface area (TPSA) is 46.2 Å². The highest BCUT2D eigenvalue weighted by atomic mass is 16.3. The first-order chi connectivity index (χ1) is 6.67. The maximum absolute atomic E-state index is 9.34. The summed E-state index contributed by atoms with van der Waals surface area (Å²) in [7, 11) is 0. The fourth-order valence-corrected chi connectivity index (χ4v) is 3.47. The Morgan fingerprint density at radius 2 is 2.14 bits per heavy atom. The van der Waals surface area contributed by atoms with Crippen molar-refractivity contribution >= 4 is 0 Å². The van der Waals surface area contributed by atoms with Crippen molar-refractivity contribution in [3.05, 3.63) is 0 Å². The molecule has 4 unspecified atom stereocenters. The lowest BCUT2D eigenvalue weighted by Crippen LogP contribution is -2.34. The van der Waals surface area contributed by atoms with Gasteiger partial charge in [-0.15, -0.1) is 0 Å². The molecule has 14 heavy (non-hydrogen) atoms. The SMILES string of the molecule is CC(CN)(CO)CC1CC2CCC1C2. The number of aliphatic hydroxyl groups is 1. The fourth-order valence-electron chi connectivity index (χ4n) is 3.47. The van der Waals surface area contributed by atoms with Gasteiger partial charge in [0.2, 0.25) is 0 Å². The van der Waals surface area contributed by atoms with Crippen LogP contribution in [0.3, 0.4) is 0 Å². The molecular formula is C12H23NO. The predicted molar refractivity (Wildman–Crippen MR) is 57.8 cm³/mol. The second-order valence-corrected chi connectivity index (χ2v) is 5.81. The van der Waals surface area contributed by atoms with E-state index in [2.05, 4.69) is 6.92 Å². The van der Waals surface area contributed by atoms with Crippen LogP contribution < -0.4 is 5.73 Å². The molecule has 3 N–H and O–H groups in total. The average molecular weight is 197 g/mol. The molecule has 0 heterocycles. The molecule has 2 aliphatic rings. The van der Waals surface area contributed by atoms with Crippen molar-refractivity contribution in [1.29, 1.82) is 0 Å². The quantitative estimate of drug-likeness (QED) is 0.721. The smallest absolute Gasteiger partial charge is 0.0496 e. The van der Waals surface area contributed by atoms with Gasteiger partial charge in [0.15, 0.2) is 0 Å². The van der Waals surface area contributed by atoms with Crippen LogP contribution in [0.5, 0.6) is 0 Å². The van der Waals surface area contributed by atoms with Crippen LogP contribution in [0.15, 0.2) is 0 Å². The lowest BCUT2D eigenvalue weighted by Gasteiger charge is -2.32. The van der Waals surface area contributed by atoms with Crippen LogP contribution in [0.1, 0.15) is 39.0 Å². The molecule has 2 rings (SSSR count). The Balaban J connectivity index is 1.91. The van der Waals surface area contributed by atoms with E-state index in [1.165, 1.54) is 25.7 Å². The van der Waals surface area contributed by atoms with Crippen molar-refractivity contribution in [2.75, 3.05) is 13.2 Å². The molecular weight excluding hydrogens is 174 g/mol. The molecule has 2 bridgehead atoms. The van der Waals surface area contributed by atoms with E-state index in [1.807, 2.05) is 0 Å². The van der Waals surface area contributed by atoms with E-state index in [9.17, 15) is 5.11 Å². The first-order valence-corrected chi connectivity index (χ1v) is 5.98. The van der Waals surface area contributed by atoms with Crippen LogP contribution in [-0.2, 0) is 0 Å². The third-order valence-corrected chi connectivity index (χ3v) is 4.51. The number of fused-ring (bicyclic) bond motifs is 2. The van der Waals surface area contributed by atoms with Crippen molar-refractivity contribution in [2.24, 2.45) is 28.9 Å². The minimum absolute atomic E-state index is 0.0187. The summed E-state index contributed by atoms with van der Waals surface area (Å²) in [5, 5.41) is 9.34. The average Bonchev–Trinajstić information content (AvgIpc) is 2.79. The first-order valence-electron chi connectivity index (χ1n) is 5.98. The third kappa shape index (κ3) is 1.82. The number of aliphatic hydroxyl groups excluding tert-OH is 1. The Morgan fingerprint density at radius 1 is 1.36 bits per heavy atom. The minimum atomic E-state index is -0.0187. The summed E-state index contributed by atoms with van der Waals surface area (Å²) in [4.78, 5) is 0. The van der Waals surface area contributed by atoms with E-state index in [1.54, 1.807) is 0 Å². The van der Waals surface area contributed by atoms with Crippen molar-refractivity contribution in [1.82, 2.24) is 0 Å². The van der Waals surface area contributed by atoms with Gasteiger partial charge < -0.3 is 10.8 Å². The summed E-state index contributed by atoms with van der Waals surface area (Å²) < 4.78 is 0. The van der Waals surface area contributed by atoms with Gasteiger partial charge in [0, 0.05) is 12.0 Å². The maximum atomic E-state index is 9.34. The van der Waals surface area contributed by atoms with Gasteiger partial charge in [0.25, 0.3) is 0 Å². The second-order valence-electron chi connectivity index (χ2n) is 5.81. The molecule has 0 aromatic rings. The molecule has 2 nitrogen and oxygen atoms in total. The van der Waals surface area contributed by atoms with Gasteiger partial charge in [-0.05, 0) is 50.0 Å². The largest absolute Gasteiger partial charge is 0.396 e. The Kier molecular flexibility index (Phi) is 2.85. The number of nitrogens with two attached hydrogens (primary N) is 1. The number of hydrogen-bond acceptors (Lipinski definition) is 2. The normalized spacial score (nSPS) is 40.1. The lowest BCUT2D eigenvalue weighted by molar-refractivity contribution is 0.105. The summed E-state index contributed by atoms with van der Waals surface area (Å²) in [5.41, 5.74) is 5.72. The fraction of sp³-hybridized carbons (Fsp3) is 1.00. The third-order valence-electron chi connectivity index (χ3n) is 4.51. The molecule has 0 saturated heterocycles. The molecule has 0 radical (unpaired) electrons. The van der Waals surface area contributed by atoms with Gasteiger partial charge in [-0.3, -0.25) is 0 Å². The Hall–Kier alpha value is -0.0800. The van der Waals surface area contributed by atoms with Crippen LogP contribution in [0, 0.1) is 23.2 Å². The highest BCUT2D eigenvalue weighted by molar-refractivity contribution is 4.93.